The van der Waals surface area contributed by atoms with Gasteiger partial charge >= 0.3 is 0 Å². The fourth-order valence-corrected chi connectivity index (χ4v) is 0.688. The molecule has 0 spiro atoms. The highest BCUT2D eigenvalue weighted by molar-refractivity contribution is 6.66. The van der Waals surface area contributed by atoms with Crippen molar-refractivity contribution in [2.75, 3.05) is 0 Å². The molecule has 0 aliphatic carbocycles. The molecule has 0 N–H and O–H groups in total. The molecular weight excluding hydrogens is 197 g/mol. The zero-order valence-electron chi connectivity index (χ0n) is 6.11. The molecule has 0 bridgehead atoms. The van der Waals surface area contributed by atoms with E-state index < -0.39 is 5.24 Å². The molecule has 64 valence electrons. The Morgan fingerprint density at radius 1 is 1.50 bits per heavy atom. The number of allylic oxidation sites excluding steroid dienone is 1. The first-order valence-corrected chi connectivity index (χ1v) is 3.45. The van der Waals surface area contributed by atoms with E-state index in [0.717, 1.165) is 5.69 Å². The van der Waals surface area contributed by atoms with Gasteiger partial charge in [-0.15, -0.1) is 12.4 Å². The molecule has 2 nitrogen and oxygen atoms in total. The summed E-state index contributed by atoms with van der Waals surface area (Å²) in [4.78, 5) is 14.2. The number of carbonyl (C=O) groups excluding carboxylic acids is 1. The predicted octanol–water partition coefficient (Wildman–Crippen LogP) is 2.28. The average Bonchev–Trinajstić information content (AvgIpc) is 2.03. The summed E-state index contributed by atoms with van der Waals surface area (Å²) in [6.45, 7) is 0. The first kappa shape index (κ1) is 11.1. The SMILES string of the molecule is Cl.O=C(Cl)C=Cc1ccccn1. The van der Waals surface area contributed by atoms with E-state index in [2.05, 4.69) is 4.98 Å². The molecule has 0 radical (unpaired) electrons. The largest absolute Gasteiger partial charge is 0.276 e. The van der Waals surface area contributed by atoms with Gasteiger partial charge in [0, 0.05) is 6.20 Å². The second kappa shape index (κ2) is 5.75. The van der Waals surface area contributed by atoms with Gasteiger partial charge in [0.1, 0.15) is 0 Å². The third kappa shape index (κ3) is 4.11. The summed E-state index contributed by atoms with van der Waals surface area (Å²) >= 11 is 5.07. The number of aromatic nitrogens is 1. The summed E-state index contributed by atoms with van der Waals surface area (Å²) in [5.41, 5.74) is 0.724. The molecule has 0 amide bonds. The van der Waals surface area contributed by atoms with E-state index in [9.17, 15) is 4.79 Å². The molecule has 0 aliphatic rings. The fourth-order valence-electron chi connectivity index (χ4n) is 0.625. The zero-order valence-corrected chi connectivity index (χ0v) is 7.68. The summed E-state index contributed by atoms with van der Waals surface area (Å²) in [7, 11) is 0. The minimum atomic E-state index is -0.490. The standard InChI is InChI=1S/C8H6ClNO.ClH/c9-8(11)5-4-7-3-1-2-6-10-7;/h1-6H;1H. The van der Waals surface area contributed by atoms with Crippen molar-refractivity contribution < 1.29 is 4.79 Å². The molecule has 1 heterocycles. The molecule has 0 saturated heterocycles. The molecule has 0 unspecified atom stereocenters. The lowest BCUT2D eigenvalue weighted by Crippen LogP contribution is -1.79. The van der Waals surface area contributed by atoms with Gasteiger partial charge in [-0.2, -0.15) is 0 Å². The van der Waals surface area contributed by atoms with E-state index in [1.165, 1.54) is 6.08 Å². The van der Waals surface area contributed by atoms with Crippen molar-refractivity contribution >= 4 is 35.3 Å². The highest BCUT2D eigenvalue weighted by atomic mass is 35.5. The van der Waals surface area contributed by atoms with E-state index in [-0.39, 0.29) is 12.4 Å². The Kier molecular flexibility index (Phi) is 5.34. The van der Waals surface area contributed by atoms with Gasteiger partial charge in [-0.05, 0) is 35.9 Å². The minimum absolute atomic E-state index is 0. The lowest BCUT2D eigenvalue weighted by Gasteiger charge is -1.86. The Balaban J connectivity index is 0.00000121. The van der Waals surface area contributed by atoms with Crippen molar-refractivity contribution in [3.63, 3.8) is 0 Å². The Bertz CT molecular complexity index is 272. The van der Waals surface area contributed by atoms with Gasteiger partial charge in [0.05, 0.1) is 5.69 Å². The maximum Gasteiger partial charge on any atom is 0.245 e. The number of rotatable bonds is 2. The third-order valence-electron chi connectivity index (χ3n) is 1.07. The van der Waals surface area contributed by atoms with Crippen molar-refractivity contribution in [2.45, 2.75) is 0 Å². The van der Waals surface area contributed by atoms with E-state index in [4.69, 9.17) is 11.6 Å². The molecule has 0 fully saturated rings. The first-order chi connectivity index (χ1) is 5.29. The maximum absolute atomic E-state index is 10.3. The molecule has 0 atom stereocenters. The highest BCUT2D eigenvalue weighted by Gasteiger charge is 1.86. The fraction of sp³-hybridized carbons (Fsp3) is 0. The van der Waals surface area contributed by atoms with Gasteiger partial charge in [-0.25, -0.2) is 0 Å². The molecule has 1 aromatic heterocycles. The van der Waals surface area contributed by atoms with Gasteiger partial charge in [0.15, 0.2) is 0 Å². The van der Waals surface area contributed by atoms with Crippen LogP contribution in [0.1, 0.15) is 5.69 Å². The quantitative estimate of drug-likeness (QED) is 0.546. The number of halogens is 2. The number of hydrogen-bond acceptors (Lipinski definition) is 2. The Morgan fingerprint density at radius 2 is 2.25 bits per heavy atom. The van der Waals surface area contributed by atoms with Gasteiger partial charge in [-0.1, -0.05) is 6.07 Å². The van der Waals surface area contributed by atoms with Crippen LogP contribution in [0.25, 0.3) is 6.08 Å². The van der Waals surface area contributed by atoms with Gasteiger partial charge in [0.25, 0.3) is 0 Å². The van der Waals surface area contributed by atoms with E-state index in [1.54, 1.807) is 24.4 Å². The van der Waals surface area contributed by atoms with Crippen LogP contribution in [0, 0.1) is 0 Å². The van der Waals surface area contributed by atoms with E-state index in [0.29, 0.717) is 0 Å². The molecule has 0 aliphatic heterocycles. The molecule has 12 heavy (non-hydrogen) atoms. The maximum atomic E-state index is 10.3. The van der Waals surface area contributed by atoms with Gasteiger partial charge < -0.3 is 0 Å². The second-order valence-corrected chi connectivity index (χ2v) is 2.26. The van der Waals surface area contributed by atoms with Gasteiger partial charge in [-0.3, -0.25) is 9.78 Å². The summed E-state index contributed by atoms with van der Waals surface area (Å²) in [5, 5.41) is -0.490. The summed E-state index contributed by atoms with van der Waals surface area (Å²) in [6.07, 6.45) is 4.48. The van der Waals surface area contributed by atoms with E-state index >= 15 is 0 Å². The van der Waals surface area contributed by atoms with E-state index in [1.807, 2.05) is 6.07 Å². The van der Waals surface area contributed by atoms with Crippen LogP contribution in [-0.4, -0.2) is 10.2 Å². The molecule has 1 aromatic rings. The monoisotopic (exact) mass is 203 g/mol. The topological polar surface area (TPSA) is 30.0 Å². The van der Waals surface area contributed by atoms with Crippen LogP contribution >= 0.6 is 24.0 Å². The first-order valence-electron chi connectivity index (χ1n) is 3.07. The minimum Gasteiger partial charge on any atom is -0.276 e. The Labute approximate surface area is 81.7 Å². The van der Waals surface area contributed by atoms with Crippen molar-refractivity contribution in [1.29, 1.82) is 0 Å². The predicted molar refractivity (Wildman–Crippen MR) is 51.4 cm³/mol. The number of pyridine rings is 1. The highest BCUT2D eigenvalue weighted by Crippen LogP contribution is 1.96. The molecule has 1 rings (SSSR count). The second-order valence-electron chi connectivity index (χ2n) is 1.89. The molecule has 4 heteroatoms. The number of hydrogen-bond donors (Lipinski definition) is 0. The number of nitrogens with zero attached hydrogens (tertiary/aromatic N) is 1. The van der Waals surface area contributed by atoms with Crippen molar-refractivity contribution in [3.8, 4) is 0 Å². The van der Waals surface area contributed by atoms with Crippen LogP contribution < -0.4 is 0 Å². The third-order valence-corrected chi connectivity index (χ3v) is 1.20. The summed E-state index contributed by atoms with van der Waals surface area (Å²) < 4.78 is 0. The lowest BCUT2D eigenvalue weighted by molar-refractivity contribution is -0.107. The summed E-state index contributed by atoms with van der Waals surface area (Å²) in [6, 6.07) is 5.43. The van der Waals surface area contributed by atoms with Crippen LogP contribution in [0.2, 0.25) is 0 Å². The Hall–Kier alpha value is -0.860. The zero-order chi connectivity index (χ0) is 8.10. The molecule has 0 saturated carbocycles. The van der Waals surface area contributed by atoms with Crippen molar-refractivity contribution in [1.82, 2.24) is 4.98 Å². The average molecular weight is 204 g/mol. The molecule has 0 aromatic carbocycles. The Morgan fingerprint density at radius 3 is 2.75 bits per heavy atom. The van der Waals surface area contributed by atoms with Crippen LogP contribution in [0.15, 0.2) is 30.5 Å². The van der Waals surface area contributed by atoms with Crippen LogP contribution in [-0.2, 0) is 4.79 Å². The molecular formula is C8H7Cl2NO. The normalized spacial score (nSPS) is 9.42. The van der Waals surface area contributed by atoms with Crippen molar-refractivity contribution in [2.24, 2.45) is 0 Å². The number of carbonyl (C=O) groups is 1. The van der Waals surface area contributed by atoms with Crippen LogP contribution in [0.4, 0.5) is 0 Å². The summed E-state index contributed by atoms with van der Waals surface area (Å²) in [5.74, 6) is 0. The van der Waals surface area contributed by atoms with Crippen LogP contribution in [0.5, 0.6) is 0 Å². The van der Waals surface area contributed by atoms with Crippen LogP contribution in [0.3, 0.4) is 0 Å². The smallest absolute Gasteiger partial charge is 0.245 e. The van der Waals surface area contributed by atoms with Gasteiger partial charge in [0.2, 0.25) is 5.24 Å². The lowest BCUT2D eigenvalue weighted by atomic mass is 10.3. The van der Waals surface area contributed by atoms with Crippen molar-refractivity contribution in [3.05, 3.63) is 36.2 Å².